The predicted molar refractivity (Wildman–Crippen MR) is 213 cm³/mol. The second-order valence-electron chi connectivity index (χ2n) is 14.6. The lowest BCUT2D eigenvalue weighted by atomic mass is 10.1. The van der Waals surface area contributed by atoms with Crippen LogP contribution >= 0.6 is 0 Å². The van der Waals surface area contributed by atoms with E-state index >= 15 is 0 Å². The van der Waals surface area contributed by atoms with Crippen molar-refractivity contribution in [3.05, 3.63) is 35.4 Å². The highest BCUT2D eigenvalue weighted by molar-refractivity contribution is 5.93. The molecule has 290 valence electrons. The van der Waals surface area contributed by atoms with Crippen LogP contribution in [0.4, 0.5) is 0 Å². The Morgan fingerprint density at radius 1 is 0.380 bits per heavy atom. The Balaban J connectivity index is 2.49. The summed E-state index contributed by atoms with van der Waals surface area (Å²) in [5.74, 6) is -0.659. The summed E-state index contributed by atoms with van der Waals surface area (Å²) in [4.78, 5) is 30.6. The number of nitrogens with zero attached hydrogens (tertiary/aromatic N) is 2. The van der Waals surface area contributed by atoms with E-state index in [1.807, 2.05) is 0 Å². The first kappa shape index (κ1) is 46.1. The van der Waals surface area contributed by atoms with Gasteiger partial charge < -0.3 is 9.47 Å². The van der Waals surface area contributed by atoms with Crippen LogP contribution in [-0.2, 0) is 9.47 Å². The molecular weight excluding hydrogens is 620 g/mol. The van der Waals surface area contributed by atoms with E-state index in [0.717, 1.165) is 39.3 Å². The van der Waals surface area contributed by atoms with Crippen LogP contribution in [-0.4, -0.2) is 74.2 Å². The van der Waals surface area contributed by atoms with Gasteiger partial charge >= 0.3 is 11.9 Å². The quantitative estimate of drug-likeness (QED) is 0.0513. The van der Waals surface area contributed by atoms with Crippen LogP contribution in [0.2, 0.25) is 0 Å². The van der Waals surface area contributed by atoms with Crippen molar-refractivity contribution in [2.75, 3.05) is 52.5 Å². The first-order valence-electron chi connectivity index (χ1n) is 21.4. The second-order valence-corrected chi connectivity index (χ2v) is 14.6. The van der Waals surface area contributed by atoms with Crippen molar-refractivity contribution in [1.82, 2.24) is 9.80 Å². The van der Waals surface area contributed by atoms with Gasteiger partial charge in [0.25, 0.3) is 0 Å². The number of ether oxygens (including phenoxy) is 2. The smallest absolute Gasteiger partial charge is 0.338 e. The van der Waals surface area contributed by atoms with E-state index in [1.54, 1.807) is 24.3 Å². The van der Waals surface area contributed by atoms with Crippen LogP contribution < -0.4 is 0 Å². The molecular formula is C44H80N2O4. The lowest BCUT2D eigenvalue weighted by molar-refractivity contribution is 0.0446. The topological polar surface area (TPSA) is 59.1 Å². The van der Waals surface area contributed by atoms with Crippen molar-refractivity contribution in [3.63, 3.8) is 0 Å². The third-order valence-corrected chi connectivity index (χ3v) is 9.95. The van der Waals surface area contributed by atoms with Crippen LogP contribution in [0.15, 0.2) is 24.3 Å². The molecule has 1 rings (SSSR count). The van der Waals surface area contributed by atoms with E-state index in [0.29, 0.717) is 24.3 Å². The molecule has 0 atom stereocenters. The fraction of sp³-hybridized carbons (Fsp3) is 0.818. The average Bonchev–Trinajstić information content (AvgIpc) is 3.13. The molecule has 0 bridgehead atoms. The third-order valence-electron chi connectivity index (χ3n) is 9.95. The van der Waals surface area contributed by atoms with Crippen LogP contribution in [0.3, 0.4) is 0 Å². The molecule has 0 aliphatic carbocycles. The maximum atomic E-state index is 12.8. The molecule has 0 unspecified atom stereocenters. The Labute approximate surface area is 309 Å². The summed E-state index contributed by atoms with van der Waals surface area (Å²) in [6, 6.07) is 6.75. The average molecular weight is 701 g/mol. The van der Waals surface area contributed by atoms with Gasteiger partial charge in [0.15, 0.2) is 0 Å². The minimum Gasteiger partial charge on any atom is -0.461 e. The van der Waals surface area contributed by atoms with Crippen molar-refractivity contribution in [3.8, 4) is 0 Å². The highest BCUT2D eigenvalue weighted by Gasteiger charge is 2.13. The van der Waals surface area contributed by atoms with E-state index in [-0.39, 0.29) is 11.9 Å². The van der Waals surface area contributed by atoms with Crippen molar-refractivity contribution < 1.29 is 19.1 Å². The number of hydrogen-bond donors (Lipinski definition) is 0. The van der Waals surface area contributed by atoms with Crippen molar-refractivity contribution in [2.24, 2.45) is 0 Å². The van der Waals surface area contributed by atoms with E-state index in [1.165, 1.54) is 154 Å². The Bertz CT molecular complexity index is 801. The van der Waals surface area contributed by atoms with Crippen LogP contribution in [0, 0.1) is 0 Å². The largest absolute Gasteiger partial charge is 0.461 e. The van der Waals surface area contributed by atoms with E-state index in [4.69, 9.17) is 9.47 Å². The van der Waals surface area contributed by atoms with E-state index < -0.39 is 0 Å². The lowest BCUT2D eigenvalue weighted by Crippen LogP contribution is -2.30. The van der Waals surface area contributed by atoms with Gasteiger partial charge in [-0.3, -0.25) is 9.80 Å². The molecule has 0 aliphatic rings. The molecule has 0 N–H and O–H groups in total. The summed E-state index contributed by atoms with van der Waals surface area (Å²) < 4.78 is 11.4. The SMILES string of the molecule is CCCCCCCCN(CCCCCCCC)CCOC(=O)c1ccc(C(=O)OCCN(CCCCCCCC)CCCCCCCC)cc1. The molecule has 6 heteroatoms. The predicted octanol–water partition coefficient (Wildman–Crippen LogP) is 12.0. The van der Waals surface area contributed by atoms with Crippen molar-refractivity contribution in [2.45, 2.75) is 182 Å². The number of hydrogen-bond acceptors (Lipinski definition) is 6. The third kappa shape index (κ3) is 25.9. The summed E-state index contributed by atoms with van der Waals surface area (Å²) in [5.41, 5.74) is 0.952. The molecule has 0 fully saturated rings. The fourth-order valence-corrected chi connectivity index (χ4v) is 6.58. The highest BCUT2D eigenvalue weighted by atomic mass is 16.5. The molecule has 1 aromatic carbocycles. The summed E-state index contributed by atoms with van der Waals surface area (Å²) in [7, 11) is 0. The summed E-state index contributed by atoms with van der Waals surface area (Å²) in [6.45, 7) is 15.7. The number of benzene rings is 1. The van der Waals surface area contributed by atoms with Gasteiger partial charge in [-0.15, -0.1) is 0 Å². The molecule has 0 saturated carbocycles. The Hall–Kier alpha value is -1.92. The van der Waals surface area contributed by atoms with Gasteiger partial charge in [0.05, 0.1) is 11.1 Å². The Morgan fingerprint density at radius 2 is 0.620 bits per heavy atom. The van der Waals surface area contributed by atoms with Gasteiger partial charge in [0.1, 0.15) is 13.2 Å². The maximum absolute atomic E-state index is 12.8. The van der Waals surface area contributed by atoms with Gasteiger partial charge in [0, 0.05) is 13.1 Å². The Kier molecular flexibility index (Phi) is 31.5. The summed E-state index contributed by atoms with van der Waals surface area (Å²) in [5, 5.41) is 0. The molecule has 0 saturated heterocycles. The second kappa shape index (κ2) is 34.2. The van der Waals surface area contributed by atoms with Gasteiger partial charge in [0.2, 0.25) is 0 Å². The number of unbranched alkanes of at least 4 members (excludes halogenated alkanes) is 20. The zero-order valence-corrected chi connectivity index (χ0v) is 33.5. The number of carbonyl (C=O) groups is 2. The molecule has 0 radical (unpaired) electrons. The van der Waals surface area contributed by atoms with Gasteiger partial charge in [-0.2, -0.15) is 0 Å². The van der Waals surface area contributed by atoms with Crippen molar-refractivity contribution in [1.29, 1.82) is 0 Å². The van der Waals surface area contributed by atoms with Gasteiger partial charge in [-0.1, -0.05) is 156 Å². The van der Waals surface area contributed by atoms with E-state index in [9.17, 15) is 9.59 Å². The number of carbonyl (C=O) groups excluding carboxylic acids is 2. The van der Waals surface area contributed by atoms with Crippen LogP contribution in [0.1, 0.15) is 203 Å². The summed E-state index contributed by atoms with van der Waals surface area (Å²) in [6.07, 6.45) is 31.0. The standard InChI is InChI=1S/C44H80N2O4/c1-5-9-13-17-21-25-33-45(34-26-22-18-14-10-6-2)37-39-49-43(47)41-29-31-42(32-30-41)44(48)50-40-38-46(35-27-23-19-15-11-7-3)36-28-24-20-16-12-8-4/h29-32H,5-28,33-40H2,1-4H3. The molecule has 0 aromatic heterocycles. The number of esters is 2. The lowest BCUT2D eigenvalue weighted by Gasteiger charge is -2.22. The normalized spacial score (nSPS) is 11.5. The molecule has 0 heterocycles. The zero-order valence-electron chi connectivity index (χ0n) is 33.5. The van der Waals surface area contributed by atoms with Gasteiger partial charge in [-0.05, 0) is 76.1 Å². The molecule has 6 nitrogen and oxygen atoms in total. The molecule has 50 heavy (non-hydrogen) atoms. The van der Waals surface area contributed by atoms with Crippen LogP contribution in [0.25, 0.3) is 0 Å². The minimum atomic E-state index is -0.330. The molecule has 1 aromatic rings. The van der Waals surface area contributed by atoms with Gasteiger partial charge in [-0.25, -0.2) is 9.59 Å². The highest BCUT2D eigenvalue weighted by Crippen LogP contribution is 2.12. The monoisotopic (exact) mass is 701 g/mol. The van der Waals surface area contributed by atoms with E-state index in [2.05, 4.69) is 37.5 Å². The first-order valence-corrected chi connectivity index (χ1v) is 21.4. The maximum Gasteiger partial charge on any atom is 0.338 e. The number of rotatable bonds is 36. The van der Waals surface area contributed by atoms with Crippen molar-refractivity contribution >= 4 is 11.9 Å². The Morgan fingerprint density at radius 3 is 0.880 bits per heavy atom. The molecule has 0 spiro atoms. The van der Waals surface area contributed by atoms with Crippen LogP contribution in [0.5, 0.6) is 0 Å². The summed E-state index contributed by atoms with van der Waals surface area (Å²) >= 11 is 0. The molecule has 0 aliphatic heterocycles. The first-order chi connectivity index (χ1) is 24.5. The molecule has 0 amide bonds. The zero-order chi connectivity index (χ0) is 36.3. The fourth-order valence-electron chi connectivity index (χ4n) is 6.58. The minimum absolute atomic E-state index is 0.330.